The molecular formula is C15H23NO2. The lowest BCUT2D eigenvalue weighted by molar-refractivity contribution is -0.148. The largest absolute Gasteiger partial charge is 0.481 e. The third kappa shape index (κ3) is 2.91. The van der Waals surface area contributed by atoms with Gasteiger partial charge in [-0.15, -0.1) is 0 Å². The average Bonchev–Trinajstić information content (AvgIpc) is 2.26. The van der Waals surface area contributed by atoms with Gasteiger partial charge in [-0.3, -0.25) is 4.79 Å². The first-order chi connectivity index (χ1) is 8.06. The lowest BCUT2D eigenvalue weighted by atomic mass is 9.80. The first-order valence-corrected chi connectivity index (χ1v) is 6.16. The number of nitrogens with two attached hydrogens (primary N) is 1. The van der Waals surface area contributed by atoms with Gasteiger partial charge in [-0.25, -0.2) is 0 Å². The highest BCUT2D eigenvalue weighted by Crippen LogP contribution is 2.32. The highest BCUT2D eigenvalue weighted by molar-refractivity contribution is 5.75. The van der Waals surface area contributed by atoms with Crippen molar-refractivity contribution in [3.8, 4) is 0 Å². The van der Waals surface area contributed by atoms with Crippen LogP contribution in [-0.4, -0.2) is 11.1 Å². The van der Waals surface area contributed by atoms with Crippen LogP contribution in [0.5, 0.6) is 0 Å². The summed E-state index contributed by atoms with van der Waals surface area (Å²) in [6.07, 6.45) is 0. The molecule has 1 aromatic carbocycles. The number of rotatable bonds is 3. The second-order valence-electron chi connectivity index (χ2n) is 6.38. The smallest absolute Gasteiger partial charge is 0.311 e. The molecule has 0 saturated heterocycles. The summed E-state index contributed by atoms with van der Waals surface area (Å²) in [4.78, 5) is 11.2. The van der Waals surface area contributed by atoms with Crippen molar-refractivity contribution in [2.75, 3.05) is 0 Å². The molecule has 1 aromatic rings. The Morgan fingerprint density at radius 2 is 1.56 bits per heavy atom. The Bertz CT molecular complexity index is 427. The molecule has 0 spiro atoms. The van der Waals surface area contributed by atoms with E-state index in [4.69, 9.17) is 5.73 Å². The van der Waals surface area contributed by atoms with Crippen molar-refractivity contribution in [2.24, 2.45) is 11.1 Å². The summed E-state index contributed by atoms with van der Waals surface area (Å²) in [5, 5.41) is 9.18. The molecule has 3 N–H and O–H groups in total. The predicted octanol–water partition coefficient (Wildman–Crippen LogP) is 3.09. The molecule has 0 heterocycles. The number of hydrogen-bond acceptors (Lipinski definition) is 2. The van der Waals surface area contributed by atoms with Crippen molar-refractivity contribution in [2.45, 2.75) is 46.1 Å². The quantitative estimate of drug-likeness (QED) is 0.865. The third-order valence-electron chi connectivity index (χ3n) is 3.46. The first-order valence-electron chi connectivity index (χ1n) is 6.16. The third-order valence-corrected chi connectivity index (χ3v) is 3.46. The van der Waals surface area contributed by atoms with E-state index >= 15 is 0 Å². The molecule has 0 aromatic heterocycles. The van der Waals surface area contributed by atoms with Gasteiger partial charge < -0.3 is 10.8 Å². The molecule has 1 unspecified atom stereocenters. The van der Waals surface area contributed by atoms with Crippen molar-refractivity contribution in [1.29, 1.82) is 0 Å². The van der Waals surface area contributed by atoms with E-state index in [0.29, 0.717) is 0 Å². The molecule has 1 rings (SSSR count). The van der Waals surface area contributed by atoms with Gasteiger partial charge in [-0.05, 0) is 30.4 Å². The molecule has 1 atom stereocenters. The van der Waals surface area contributed by atoms with E-state index in [1.807, 2.05) is 24.3 Å². The number of carboxylic acids is 1. The van der Waals surface area contributed by atoms with Crippen LogP contribution in [0, 0.1) is 5.41 Å². The minimum absolute atomic E-state index is 0.0882. The second-order valence-corrected chi connectivity index (χ2v) is 6.38. The SMILES string of the molecule is CC(C)(C)c1ccc(C(N)C(C)(C)C(=O)O)cc1. The highest BCUT2D eigenvalue weighted by atomic mass is 16.4. The first kappa shape index (κ1) is 14.7. The summed E-state index contributed by atoms with van der Waals surface area (Å²) in [5.41, 5.74) is 7.24. The molecule has 0 bridgehead atoms. The Kier molecular flexibility index (Phi) is 3.86. The summed E-state index contributed by atoms with van der Waals surface area (Å²) in [5.74, 6) is -0.880. The van der Waals surface area contributed by atoms with Gasteiger partial charge in [0.1, 0.15) is 0 Å². The van der Waals surface area contributed by atoms with Crippen LogP contribution in [0.4, 0.5) is 0 Å². The van der Waals surface area contributed by atoms with E-state index in [-0.39, 0.29) is 5.41 Å². The van der Waals surface area contributed by atoms with Crippen molar-refractivity contribution < 1.29 is 9.90 Å². The molecular weight excluding hydrogens is 226 g/mol. The number of benzene rings is 1. The molecule has 0 amide bonds. The molecule has 0 fully saturated rings. The Morgan fingerprint density at radius 1 is 1.11 bits per heavy atom. The number of hydrogen-bond donors (Lipinski definition) is 2. The number of carbonyl (C=O) groups is 1. The van der Waals surface area contributed by atoms with Crippen LogP contribution in [0.2, 0.25) is 0 Å². The lowest BCUT2D eigenvalue weighted by Gasteiger charge is -2.28. The van der Waals surface area contributed by atoms with E-state index in [0.717, 1.165) is 5.56 Å². The van der Waals surface area contributed by atoms with E-state index in [1.54, 1.807) is 13.8 Å². The van der Waals surface area contributed by atoms with Gasteiger partial charge in [-0.1, -0.05) is 45.0 Å². The summed E-state index contributed by atoms with van der Waals surface area (Å²) in [7, 11) is 0. The maximum atomic E-state index is 11.2. The molecule has 0 radical (unpaired) electrons. The average molecular weight is 249 g/mol. The van der Waals surface area contributed by atoms with Crippen LogP contribution in [0.1, 0.15) is 51.8 Å². The normalized spacial score (nSPS) is 14.3. The molecule has 0 saturated carbocycles. The lowest BCUT2D eigenvalue weighted by Crippen LogP contribution is -2.36. The fourth-order valence-electron chi connectivity index (χ4n) is 1.74. The Labute approximate surface area is 109 Å². The minimum Gasteiger partial charge on any atom is -0.481 e. The summed E-state index contributed by atoms with van der Waals surface area (Å²) in [6.45, 7) is 9.73. The van der Waals surface area contributed by atoms with Crippen molar-refractivity contribution >= 4 is 5.97 Å². The summed E-state index contributed by atoms with van der Waals surface area (Å²) in [6, 6.07) is 7.38. The summed E-state index contributed by atoms with van der Waals surface area (Å²) < 4.78 is 0. The maximum Gasteiger partial charge on any atom is 0.311 e. The zero-order chi connectivity index (χ0) is 14.1. The van der Waals surface area contributed by atoms with Gasteiger partial charge in [0.2, 0.25) is 0 Å². The fraction of sp³-hybridized carbons (Fsp3) is 0.533. The van der Waals surface area contributed by atoms with Crippen LogP contribution in [0.25, 0.3) is 0 Å². The standard InChI is InChI=1S/C15H23NO2/c1-14(2,3)11-8-6-10(7-9-11)12(16)15(4,5)13(17)18/h6-9,12H,16H2,1-5H3,(H,17,18). The zero-order valence-corrected chi connectivity index (χ0v) is 11.8. The van der Waals surface area contributed by atoms with E-state index < -0.39 is 17.4 Å². The molecule has 3 heteroatoms. The Balaban J connectivity index is 3.03. The summed E-state index contributed by atoms with van der Waals surface area (Å²) >= 11 is 0. The maximum absolute atomic E-state index is 11.2. The fourth-order valence-corrected chi connectivity index (χ4v) is 1.74. The second kappa shape index (κ2) is 4.73. The molecule has 0 aliphatic heterocycles. The highest BCUT2D eigenvalue weighted by Gasteiger charge is 2.35. The van der Waals surface area contributed by atoms with Crippen LogP contribution >= 0.6 is 0 Å². The van der Waals surface area contributed by atoms with Crippen LogP contribution in [0.15, 0.2) is 24.3 Å². The van der Waals surface area contributed by atoms with Gasteiger partial charge >= 0.3 is 5.97 Å². The van der Waals surface area contributed by atoms with Crippen molar-refractivity contribution in [3.63, 3.8) is 0 Å². The monoisotopic (exact) mass is 249 g/mol. The molecule has 18 heavy (non-hydrogen) atoms. The van der Waals surface area contributed by atoms with Gasteiger partial charge in [-0.2, -0.15) is 0 Å². The van der Waals surface area contributed by atoms with Crippen molar-refractivity contribution in [1.82, 2.24) is 0 Å². The van der Waals surface area contributed by atoms with E-state index in [9.17, 15) is 9.90 Å². The van der Waals surface area contributed by atoms with Gasteiger partial charge in [0, 0.05) is 6.04 Å². The number of aliphatic carboxylic acids is 1. The zero-order valence-electron chi connectivity index (χ0n) is 11.8. The van der Waals surface area contributed by atoms with Gasteiger partial charge in [0.25, 0.3) is 0 Å². The van der Waals surface area contributed by atoms with E-state index in [1.165, 1.54) is 5.56 Å². The topological polar surface area (TPSA) is 63.3 Å². The van der Waals surface area contributed by atoms with Crippen LogP contribution in [-0.2, 0) is 10.2 Å². The molecule has 0 aliphatic carbocycles. The molecule has 100 valence electrons. The van der Waals surface area contributed by atoms with E-state index in [2.05, 4.69) is 20.8 Å². The van der Waals surface area contributed by atoms with Gasteiger partial charge in [0.15, 0.2) is 0 Å². The van der Waals surface area contributed by atoms with Gasteiger partial charge in [0.05, 0.1) is 5.41 Å². The van der Waals surface area contributed by atoms with Crippen LogP contribution in [0.3, 0.4) is 0 Å². The Morgan fingerprint density at radius 3 is 1.89 bits per heavy atom. The van der Waals surface area contributed by atoms with Crippen LogP contribution < -0.4 is 5.73 Å². The predicted molar refractivity (Wildman–Crippen MR) is 73.5 cm³/mol. The number of carboxylic acid groups (broad SMARTS) is 1. The minimum atomic E-state index is -0.969. The molecule has 3 nitrogen and oxygen atoms in total. The molecule has 0 aliphatic rings. The van der Waals surface area contributed by atoms with Crippen molar-refractivity contribution in [3.05, 3.63) is 35.4 Å². The Hall–Kier alpha value is -1.35.